The van der Waals surface area contributed by atoms with Gasteiger partial charge in [-0.15, -0.1) is 0 Å². The number of rotatable bonds is 5. The second-order valence-corrected chi connectivity index (χ2v) is 5.03. The molecule has 18 heavy (non-hydrogen) atoms. The van der Waals surface area contributed by atoms with Crippen LogP contribution < -0.4 is 0 Å². The van der Waals surface area contributed by atoms with Crippen LogP contribution in [0.5, 0.6) is 5.75 Å². The minimum Gasteiger partial charge on any atom is -0.508 e. The van der Waals surface area contributed by atoms with E-state index in [0.717, 1.165) is 17.4 Å². The molecular formula is C17H22O. The Morgan fingerprint density at radius 2 is 1.83 bits per heavy atom. The molecule has 1 N–H and O–H groups in total. The average Bonchev–Trinajstić information content (AvgIpc) is 2.38. The van der Waals surface area contributed by atoms with Crippen molar-refractivity contribution >= 4 is 10.8 Å². The Kier molecular flexibility index (Phi) is 4.24. The SMILES string of the molecule is CCCCCCc1c(O)cc2ccccc2c1C. The first-order chi connectivity index (χ1) is 8.74. The second-order valence-electron chi connectivity index (χ2n) is 5.03. The second kappa shape index (κ2) is 5.90. The van der Waals surface area contributed by atoms with Crippen molar-refractivity contribution in [2.24, 2.45) is 0 Å². The fraction of sp³-hybridized carbons (Fsp3) is 0.412. The summed E-state index contributed by atoms with van der Waals surface area (Å²) in [7, 11) is 0. The highest BCUT2D eigenvalue weighted by Gasteiger charge is 2.08. The molecule has 0 amide bonds. The molecule has 0 fully saturated rings. The van der Waals surface area contributed by atoms with Gasteiger partial charge in [-0.25, -0.2) is 0 Å². The highest BCUT2D eigenvalue weighted by Crippen LogP contribution is 2.30. The van der Waals surface area contributed by atoms with Crippen molar-refractivity contribution in [2.75, 3.05) is 0 Å². The average molecular weight is 242 g/mol. The van der Waals surface area contributed by atoms with Crippen LogP contribution in [-0.2, 0) is 6.42 Å². The van der Waals surface area contributed by atoms with Crippen molar-refractivity contribution in [1.82, 2.24) is 0 Å². The van der Waals surface area contributed by atoms with Gasteiger partial charge in [-0.2, -0.15) is 0 Å². The maximum atomic E-state index is 10.1. The highest BCUT2D eigenvalue weighted by molar-refractivity contribution is 5.88. The maximum absolute atomic E-state index is 10.1. The lowest BCUT2D eigenvalue weighted by atomic mass is 9.95. The van der Waals surface area contributed by atoms with Crippen LogP contribution in [0, 0.1) is 6.92 Å². The van der Waals surface area contributed by atoms with Gasteiger partial charge < -0.3 is 5.11 Å². The first-order valence-corrected chi connectivity index (χ1v) is 6.94. The molecule has 1 nitrogen and oxygen atoms in total. The third-order valence-corrected chi connectivity index (χ3v) is 3.70. The number of phenolic OH excluding ortho intramolecular Hbond substituents is 1. The molecule has 0 atom stereocenters. The maximum Gasteiger partial charge on any atom is 0.119 e. The van der Waals surface area contributed by atoms with Crippen LogP contribution in [0.1, 0.15) is 43.7 Å². The molecule has 0 saturated carbocycles. The van der Waals surface area contributed by atoms with Crippen molar-refractivity contribution in [3.63, 3.8) is 0 Å². The van der Waals surface area contributed by atoms with Crippen LogP contribution in [0.25, 0.3) is 10.8 Å². The molecule has 2 aromatic carbocycles. The zero-order valence-corrected chi connectivity index (χ0v) is 11.4. The van der Waals surface area contributed by atoms with E-state index in [0.29, 0.717) is 5.75 Å². The van der Waals surface area contributed by atoms with Crippen LogP contribution in [0.4, 0.5) is 0 Å². The normalized spacial score (nSPS) is 11.0. The number of hydrogen-bond donors (Lipinski definition) is 1. The number of phenols is 1. The van der Waals surface area contributed by atoms with Gasteiger partial charge in [0.25, 0.3) is 0 Å². The fourth-order valence-electron chi connectivity index (χ4n) is 2.60. The Hall–Kier alpha value is -1.50. The number of fused-ring (bicyclic) bond motifs is 1. The molecule has 96 valence electrons. The molecule has 2 aromatic rings. The summed E-state index contributed by atoms with van der Waals surface area (Å²) in [6.07, 6.45) is 5.95. The summed E-state index contributed by atoms with van der Waals surface area (Å²) in [6, 6.07) is 10.2. The van der Waals surface area contributed by atoms with Crippen molar-refractivity contribution in [3.8, 4) is 5.75 Å². The molecule has 0 heterocycles. The van der Waals surface area contributed by atoms with Crippen molar-refractivity contribution in [2.45, 2.75) is 46.0 Å². The summed E-state index contributed by atoms with van der Waals surface area (Å²) in [5, 5.41) is 12.5. The number of hydrogen-bond acceptors (Lipinski definition) is 1. The molecular weight excluding hydrogens is 220 g/mol. The molecule has 0 aromatic heterocycles. The summed E-state index contributed by atoms with van der Waals surface area (Å²) in [5.74, 6) is 0.461. The quantitative estimate of drug-likeness (QED) is 0.733. The van der Waals surface area contributed by atoms with Gasteiger partial charge in [-0.05, 0) is 47.7 Å². The third kappa shape index (κ3) is 2.66. The van der Waals surface area contributed by atoms with E-state index in [1.165, 1.54) is 36.6 Å². The molecule has 2 rings (SSSR count). The lowest BCUT2D eigenvalue weighted by Crippen LogP contribution is -1.93. The van der Waals surface area contributed by atoms with Gasteiger partial charge in [0.1, 0.15) is 5.75 Å². The molecule has 0 unspecified atom stereocenters. The molecule has 0 saturated heterocycles. The van der Waals surface area contributed by atoms with Gasteiger partial charge in [0, 0.05) is 0 Å². The van der Waals surface area contributed by atoms with Gasteiger partial charge in [-0.1, -0.05) is 50.5 Å². The van der Waals surface area contributed by atoms with Crippen LogP contribution in [0.2, 0.25) is 0 Å². The van der Waals surface area contributed by atoms with Gasteiger partial charge in [0.15, 0.2) is 0 Å². The van der Waals surface area contributed by atoms with Crippen molar-refractivity contribution < 1.29 is 5.11 Å². The fourth-order valence-corrected chi connectivity index (χ4v) is 2.60. The summed E-state index contributed by atoms with van der Waals surface area (Å²) in [5.41, 5.74) is 2.37. The van der Waals surface area contributed by atoms with E-state index in [2.05, 4.69) is 32.0 Å². The molecule has 0 aliphatic carbocycles. The molecule has 0 bridgehead atoms. The van der Waals surface area contributed by atoms with Crippen molar-refractivity contribution in [3.05, 3.63) is 41.5 Å². The summed E-state index contributed by atoms with van der Waals surface area (Å²) >= 11 is 0. The third-order valence-electron chi connectivity index (χ3n) is 3.70. The zero-order chi connectivity index (χ0) is 13.0. The van der Waals surface area contributed by atoms with Gasteiger partial charge >= 0.3 is 0 Å². The predicted octanol–water partition coefficient (Wildman–Crippen LogP) is 4.98. The first-order valence-electron chi connectivity index (χ1n) is 6.94. The Balaban J connectivity index is 2.27. The van der Waals surface area contributed by atoms with Gasteiger partial charge in [0.05, 0.1) is 0 Å². The number of aryl methyl sites for hydroxylation is 1. The highest BCUT2D eigenvalue weighted by atomic mass is 16.3. The van der Waals surface area contributed by atoms with E-state index >= 15 is 0 Å². The van der Waals surface area contributed by atoms with Gasteiger partial charge in [-0.3, -0.25) is 0 Å². The van der Waals surface area contributed by atoms with Crippen molar-refractivity contribution in [1.29, 1.82) is 0 Å². The number of aromatic hydroxyl groups is 1. The van der Waals surface area contributed by atoms with E-state index in [9.17, 15) is 5.11 Å². The molecule has 0 radical (unpaired) electrons. The molecule has 0 spiro atoms. The van der Waals surface area contributed by atoms with E-state index in [-0.39, 0.29) is 0 Å². The van der Waals surface area contributed by atoms with Gasteiger partial charge in [0.2, 0.25) is 0 Å². The molecule has 1 heteroatoms. The smallest absolute Gasteiger partial charge is 0.119 e. The summed E-state index contributed by atoms with van der Waals surface area (Å²) < 4.78 is 0. The Bertz CT molecular complexity index is 528. The first kappa shape index (κ1) is 12.9. The molecule has 0 aliphatic rings. The lowest BCUT2D eigenvalue weighted by Gasteiger charge is -2.12. The van der Waals surface area contributed by atoms with E-state index in [1.807, 2.05) is 12.1 Å². The predicted molar refractivity (Wildman–Crippen MR) is 78.2 cm³/mol. The topological polar surface area (TPSA) is 20.2 Å². The van der Waals surface area contributed by atoms with E-state index in [1.54, 1.807) is 0 Å². The van der Waals surface area contributed by atoms with Crippen LogP contribution in [-0.4, -0.2) is 5.11 Å². The van der Waals surface area contributed by atoms with Crippen LogP contribution >= 0.6 is 0 Å². The summed E-state index contributed by atoms with van der Waals surface area (Å²) in [4.78, 5) is 0. The summed E-state index contributed by atoms with van der Waals surface area (Å²) in [6.45, 7) is 4.34. The van der Waals surface area contributed by atoms with E-state index in [4.69, 9.17) is 0 Å². The van der Waals surface area contributed by atoms with E-state index < -0.39 is 0 Å². The Morgan fingerprint density at radius 3 is 2.61 bits per heavy atom. The lowest BCUT2D eigenvalue weighted by molar-refractivity contribution is 0.466. The number of unbranched alkanes of at least 4 members (excludes halogenated alkanes) is 3. The Morgan fingerprint density at radius 1 is 1.06 bits per heavy atom. The monoisotopic (exact) mass is 242 g/mol. The van der Waals surface area contributed by atoms with Crippen LogP contribution in [0.3, 0.4) is 0 Å². The Labute approximate surface area is 109 Å². The molecule has 0 aliphatic heterocycles. The standard InChI is InChI=1S/C17H22O/c1-3-4-5-6-11-16-13(2)15-10-8-7-9-14(15)12-17(16)18/h7-10,12,18H,3-6,11H2,1-2H3. The minimum atomic E-state index is 0.461. The number of benzene rings is 2. The largest absolute Gasteiger partial charge is 0.508 e. The zero-order valence-electron chi connectivity index (χ0n) is 11.4. The minimum absolute atomic E-state index is 0.461. The van der Waals surface area contributed by atoms with Crippen LogP contribution in [0.15, 0.2) is 30.3 Å².